The Balaban J connectivity index is 1.70. The van der Waals surface area contributed by atoms with Gasteiger partial charge in [-0.25, -0.2) is 4.39 Å². The highest BCUT2D eigenvalue weighted by Gasteiger charge is 2.16. The number of hydrogen-bond donors (Lipinski definition) is 0. The Labute approximate surface area is 166 Å². The van der Waals surface area contributed by atoms with Crippen LogP contribution < -0.4 is 4.74 Å². The first-order chi connectivity index (χ1) is 12.1. The van der Waals surface area contributed by atoms with Gasteiger partial charge in [0, 0.05) is 24.2 Å². The summed E-state index contributed by atoms with van der Waals surface area (Å²) in [4.78, 5) is 3.12. The fraction of sp³-hybridized carbons (Fsp3) is 0.316. The van der Waals surface area contributed by atoms with Gasteiger partial charge in [-0.1, -0.05) is 29.9 Å². The van der Waals surface area contributed by atoms with Gasteiger partial charge in [0.15, 0.2) is 0 Å². The number of ether oxygens (including phenoxy) is 1. The monoisotopic (exact) mass is 441 g/mol. The van der Waals surface area contributed by atoms with Crippen molar-refractivity contribution in [2.45, 2.75) is 25.9 Å². The molecule has 1 saturated heterocycles. The zero-order chi connectivity index (χ0) is 17.8. The van der Waals surface area contributed by atoms with Crippen LogP contribution in [0.25, 0.3) is 0 Å². The van der Waals surface area contributed by atoms with Gasteiger partial charge < -0.3 is 9.64 Å². The number of thiocarbonyl (C=S) groups is 1. The van der Waals surface area contributed by atoms with E-state index in [1.54, 1.807) is 12.1 Å². The summed E-state index contributed by atoms with van der Waals surface area (Å²) in [5, 5.41) is 0.360. The summed E-state index contributed by atoms with van der Waals surface area (Å²) in [5.74, 6) is 0.260. The summed E-state index contributed by atoms with van der Waals surface area (Å²) in [6, 6.07) is 10.4. The Kier molecular flexibility index (Phi) is 6.31. The molecule has 0 aliphatic carbocycles. The number of benzene rings is 2. The van der Waals surface area contributed by atoms with E-state index in [9.17, 15) is 4.39 Å². The van der Waals surface area contributed by atoms with Crippen LogP contribution in [0.15, 0.2) is 40.9 Å². The van der Waals surface area contributed by atoms with Gasteiger partial charge in [0.1, 0.15) is 23.2 Å². The topological polar surface area (TPSA) is 12.5 Å². The molecule has 1 aliphatic rings. The molecule has 0 bridgehead atoms. The van der Waals surface area contributed by atoms with Gasteiger partial charge in [-0.2, -0.15) is 0 Å². The molecule has 132 valence electrons. The molecule has 0 radical (unpaired) electrons. The summed E-state index contributed by atoms with van der Waals surface area (Å²) in [7, 11) is 0. The third-order valence-corrected chi connectivity index (χ3v) is 5.72. The average molecular weight is 443 g/mol. The number of rotatable bonds is 4. The van der Waals surface area contributed by atoms with Crippen molar-refractivity contribution in [2.24, 2.45) is 0 Å². The van der Waals surface area contributed by atoms with E-state index in [0.717, 1.165) is 28.1 Å². The van der Waals surface area contributed by atoms with Crippen LogP contribution in [0.1, 0.15) is 30.4 Å². The second kappa shape index (κ2) is 8.47. The summed E-state index contributed by atoms with van der Waals surface area (Å²) in [5.41, 5.74) is 1.34. The number of nitrogens with zero attached hydrogens (tertiary/aromatic N) is 1. The van der Waals surface area contributed by atoms with Crippen LogP contribution in [-0.4, -0.2) is 23.0 Å². The standard InChI is InChI=1S/C19H18BrClFNOS/c20-15-11-13(19(25)23-9-2-1-3-10-23)7-8-18(15)24-12-14-16(21)5-4-6-17(14)22/h4-8,11H,1-3,9-10,12H2. The first-order valence-corrected chi connectivity index (χ1v) is 9.78. The summed E-state index contributed by atoms with van der Waals surface area (Å²) >= 11 is 15.2. The number of piperidine rings is 1. The van der Waals surface area contributed by atoms with Crippen LogP contribution in [0.2, 0.25) is 5.02 Å². The van der Waals surface area contributed by atoms with Gasteiger partial charge >= 0.3 is 0 Å². The van der Waals surface area contributed by atoms with Crippen LogP contribution in [-0.2, 0) is 6.61 Å². The van der Waals surface area contributed by atoms with Gasteiger partial charge in [0.2, 0.25) is 0 Å². The van der Waals surface area contributed by atoms with Crippen LogP contribution in [0, 0.1) is 5.82 Å². The van der Waals surface area contributed by atoms with Crippen LogP contribution >= 0.6 is 39.7 Å². The molecular formula is C19H18BrClFNOS. The SMILES string of the molecule is Fc1cccc(Cl)c1COc1ccc(C(=S)N2CCCCC2)cc1Br. The van der Waals surface area contributed by atoms with Crippen molar-refractivity contribution >= 4 is 44.7 Å². The molecule has 2 aromatic rings. The lowest BCUT2D eigenvalue weighted by atomic mass is 10.1. The summed E-state index contributed by atoms with van der Waals surface area (Å²) < 4.78 is 20.4. The summed E-state index contributed by atoms with van der Waals surface area (Å²) in [6.45, 7) is 2.10. The molecule has 0 spiro atoms. The van der Waals surface area contributed by atoms with Crippen molar-refractivity contribution in [1.82, 2.24) is 4.90 Å². The molecule has 3 rings (SSSR count). The van der Waals surface area contributed by atoms with Crippen molar-refractivity contribution in [3.63, 3.8) is 0 Å². The Hall–Kier alpha value is -1.17. The molecule has 1 aliphatic heterocycles. The maximum absolute atomic E-state index is 13.8. The van der Waals surface area contributed by atoms with E-state index in [1.807, 2.05) is 18.2 Å². The maximum atomic E-state index is 13.8. The molecule has 25 heavy (non-hydrogen) atoms. The Morgan fingerprint density at radius 1 is 1.20 bits per heavy atom. The highest BCUT2D eigenvalue weighted by molar-refractivity contribution is 9.10. The lowest BCUT2D eigenvalue weighted by molar-refractivity contribution is 0.298. The van der Waals surface area contributed by atoms with Crippen molar-refractivity contribution < 1.29 is 9.13 Å². The van der Waals surface area contributed by atoms with Gasteiger partial charge in [0.05, 0.1) is 9.50 Å². The number of halogens is 3. The molecule has 0 aromatic heterocycles. The Morgan fingerprint density at radius 2 is 1.96 bits per heavy atom. The number of likely N-dealkylation sites (tertiary alicyclic amines) is 1. The van der Waals surface area contributed by atoms with Gasteiger partial charge in [0.25, 0.3) is 0 Å². The predicted octanol–water partition coefficient (Wildman–Crippen LogP) is 5.98. The highest BCUT2D eigenvalue weighted by atomic mass is 79.9. The molecule has 0 N–H and O–H groups in total. The first kappa shape index (κ1) is 18.6. The molecular weight excluding hydrogens is 425 g/mol. The quantitative estimate of drug-likeness (QED) is 0.540. The molecule has 0 amide bonds. The normalized spacial score (nSPS) is 14.4. The smallest absolute Gasteiger partial charge is 0.134 e. The zero-order valence-corrected chi connectivity index (χ0v) is 16.8. The van der Waals surface area contributed by atoms with Crippen molar-refractivity contribution in [3.05, 3.63) is 62.8 Å². The Morgan fingerprint density at radius 3 is 2.64 bits per heavy atom. The van der Waals surface area contributed by atoms with E-state index in [-0.39, 0.29) is 12.4 Å². The van der Waals surface area contributed by atoms with Gasteiger partial charge in [-0.05, 0) is 65.5 Å². The van der Waals surface area contributed by atoms with E-state index >= 15 is 0 Å². The molecule has 0 saturated carbocycles. The minimum atomic E-state index is -0.369. The predicted molar refractivity (Wildman–Crippen MR) is 107 cm³/mol. The van der Waals surface area contributed by atoms with Crippen molar-refractivity contribution in [1.29, 1.82) is 0 Å². The van der Waals surface area contributed by atoms with Gasteiger partial charge in [-0.3, -0.25) is 0 Å². The Bertz CT molecular complexity index is 760. The summed E-state index contributed by atoms with van der Waals surface area (Å²) in [6.07, 6.45) is 3.64. The molecule has 2 nitrogen and oxygen atoms in total. The van der Waals surface area contributed by atoms with Crippen LogP contribution in [0.5, 0.6) is 5.75 Å². The minimum Gasteiger partial charge on any atom is -0.488 e. The van der Waals surface area contributed by atoms with E-state index in [1.165, 1.54) is 25.3 Å². The largest absolute Gasteiger partial charge is 0.488 e. The zero-order valence-electron chi connectivity index (χ0n) is 13.6. The fourth-order valence-electron chi connectivity index (χ4n) is 2.85. The van der Waals surface area contributed by atoms with Crippen molar-refractivity contribution in [3.8, 4) is 5.75 Å². The molecule has 2 aromatic carbocycles. The van der Waals surface area contributed by atoms with Crippen LogP contribution in [0.4, 0.5) is 4.39 Å². The van der Waals surface area contributed by atoms with Gasteiger partial charge in [-0.15, -0.1) is 0 Å². The first-order valence-electron chi connectivity index (χ1n) is 8.21. The maximum Gasteiger partial charge on any atom is 0.134 e. The molecule has 1 heterocycles. The van der Waals surface area contributed by atoms with Crippen LogP contribution in [0.3, 0.4) is 0 Å². The fourth-order valence-corrected chi connectivity index (χ4v) is 3.87. The average Bonchev–Trinajstić information content (AvgIpc) is 2.62. The minimum absolute atomic E-state index is 0.0695. The third-order valence-electron chi connectivity index (χ3n) is 4.26. The highest BCUT2D eigenvalue weighted by Crippen LogP contribution is 2.29. The third kappa shape index (κ3) is 4.52. The molecule has 0 unspecified atom stereocenters. The lowest BCUT2D eigenvalue weighted by Crippen LogP contribution is -2.34. The molecule has 6 heteroatoms. The lowest BCUT2D eigenvalue weighted by Gasteiger charge is -2.29. The molecule has 0 atom stereocenters. The van der Waals surface area contributed by atoms with E-state index in [0.29, 0.717) is 16.3 Å². The van der Waals surface area contributed by atoms with E-state index in [4.69, 9.17) is 28.6 Å². The number of hydrogen-bond acceptors (Lipinski definition) is 2. The second-order valence-electron chi connectivity index (χ2n) is 5.99. The van der Waals surface area contributed by atoms with E-state index < -0.39 is 0 Å². The second-order valence-corrected chi connectivity index (χ2v) is 7.64. The molecule has 1 fully saturated rings. The van der Waals surface area contributed by atoms with Crippen molar-refractivity contribution in [2.75, 3.05) is 13.1 Å². The van der Waals surface area contributed by atoms with E-state index in [2.05, 4.69) is 20.8 Å².